The SMILES string of the molecule is Cc1cc(C)cc(/C=C/c2ccc(N3CCNC3=O)cc2)c1. The molecule has 3 rings (SSSR count). The number of amides is 2. The number of hydrogen-bond acceptors (Lipinski definition) is 1. The molecule has 0 spiro atoms. The van der Waals surface area contributed by atoms with Gasteiger partial charge in [-0.2, -0.15) is 0 Å². The number of benzene rings is 2. The number of carbonyl (C=O) groups excluding carboxylic acids is 1. The molecule has 1 heterocycles. The lowest BCUT2D eigenvalue weighted by Crippen LogP contribution is -2.27. The first kappa shape index (κ1) is 14.4. The second-order valence-electron chi connectivity index (χ2n) is 5.73. The summed E-state index contributed by atoms with van der Waals surface area (Å²) < 4.78 is 0. The molecule has 2 amide bonds. The highest BCUT2D eigenvalue weighted by Crippen LogP contribution is 2.19. The highest BCUT2D eigenvalue weighted by atomic mass is 16.2. The van der Waals surface area contributed by atoms with Crippen LogP contribution in [0, 0.1) is 13.8 Å². The Morgan fingerprint density at radius 2 is 1.59 bits per heavy atom. The molecule has 1 aliphatic heterocycles. The van der Waals surface area contributed by atoms with Crippen LogP contribution in [0.15, 0.2) is 42.5 Å². The number of rotatable bonds is 3. The van der Waals surface area contributed by atoms with E-state index in [1.165, 1.54) is 16.7 Å². The molecule has 0 unspecified atom stereocenters. The van der Waals surface area contributed by atoms with Crippen molar-refractivity contribution in [2.45, 2.75) is 13.8 Å². The van der Waals surface area contributed by atoms with E-state index in [-0.39, 0.29) is 6.03 Å². The van der Waals surface area contributed by atoms with Crippen LogP contribution in [0.2, 0.25) is 0 Å². The van der Waals surface area contributed by atoms with E-state index in [1.807, 2.05) is 24.3 Å². The Labute approximate surface area is 131 Å². The zero-order chi connectivity index (χ0) is 15.5. The predicted molar refractivity (Wildman–Crippen MR) is 92.0 cm³/mol. The zero-order valence-corrected chi connectivity index (χ0v) is 13.0. The minimum atomic E-state index is -0.0153. The molecule has 0 aromatic heterocycles. The molecule has 112 valence electrons. The van der Waals surface area contributed by atoms with Crippen molar-refractivity contribution in [3.63, 3.8) is 0 Å². The molecule has 1 saturated heterocycles. The van der Waals surface area contributed by atoms with Crippen molar-refractivity contribution in [1.82, 2.24) is 5.32 Å². The molecule has 2 aromatic carbocycles. The maximum Gasteiger partial charge on any atom is 0.321 e. The van der Waals surface area contributed by atoms with Gasteiger partial charge in [-0.05, 0) is 37.1 Å². The minimum absolute atomic E-state index is 0.0153. The molecule has 3 heteroatoms. The normalized spacial score (nSPS) is 14.6. The van der Waals surface area contributed by atoms with E-state index in [1.54, 1.807) is 4.90 Å². The van der Waals surface area contributed by atoms with Crippen LogP contribution < -0.4 is 10.2 Å². The number of aryl methyl sites for hydroxylation is 2. The fourth-order valence-corrected chi connectivity index (χ4v) is 2.78. The Bertz CT molecular complexity index is 696. The summed E-state index contributed by atoms with van der Waals surface area (Å²) >= 11 is 0. The van der Waals surface area contributed by atoms with Crippen LogP contribution in [0.4, 0.5) is 10.5 Å². The van der Waals surface area contributed by atoms with Crippen molar-refractivity contribution in [1.29, 1.82) is 0 Å². The van der Waals surface area contributed by atoms with Crippen molar-refractivity contribution >= 4 is 23.9 Å². The van der Waals surface area contributed by atoms with Crippen molar-refractivity contribution < 1.29 is 4.79 Å². The standard InChI is InChI=1S/C19H20N2O/c1-14-11-15(2)13-17(12-14)4-3-16-5-7-18(8-6-16)21-10-9-20-19(21)22/h3-8,11-13H,9-10H2,1-2H3,(H,20,22)/b4-3+. The molecule has 1 fully saturated rings. The molecule has 2 aromatic rings. The smallest absolute Gasteiger partial charge is 0.321 e. The second-order valence-corrected chi connectivity index (χ2v) is 5.73. The van der Waals surface area contributed by atoms with Gasteiger partial charge in [-0.1, -0.05) is 53.6 Å². The summed E-state index contributed by atoms with van der Waals surface area (Å²) in [4.78, 5) is 13.4. The average Bonchev–Trinajstić information content (AvgIpc) is 2.91. The highest BCUT2D eigenvalue weighted by molar-refractivity contribution is 5.94. The number of urea groups is 1. The Hall–Kier alpha value is -2.55. The van der Waals surface area contributed by atoms with Crippen LogP contribution in [0.1, 0.15) is 22.3 Å². The first-order valence-electron chi connectivity index (χ1n) is 7.54. The first-order chi connectivity index (χ1) is 10.6. The number of hydrogen-bond donors (Lipinski definition) is 1. The van der Waals surface area contributed by atoms with Gasteiger partial charge in [-0.3, -0.25) is 4.90 Å². The molecule has 22 heavy (non-hydrogen) atoms. The second kappa shape index (κ2) is 6.06. The van der Waals surface area contributed by atoms with Gasteiger partial charge in [0.05, 0.1) is 0 Å². The summed E-state index contributed by atoms with van der Waals surface area (Å²) in [6.07, 6.45) is 4.22. The third kappa shape index (κ3) is 3.19. The minimum Gasteiger partial charge on any atom is -0.336 e. The topological polar surface area (TPSA) is 32.3 Å². The van der Waals surface area contributed by atoms with E-state index < -0.39 is 0 Å². The van der Waals surface area contributed by atoms with Gasteiger partial charge in [0.15, 0.2) is 0 Å². The van der Waals surface area contributed by atoms with Crippen LogP contribution in [0.3, 0.4) is 0 Å². The molecular formula is C19H20N2O. The van der Waals surface area contributed by atoms with E-state index in [0.29, 0.717) is 6.54 Å². The lowest BCUT2D eigenvalue weighted by atomic mass is 10.1. The van der Waals surface area contributed by atoms with E-state index in [4.69, 9.17) is 0 Å². The van der Waals surface area contributed by atoms with Gasteiger partial charge < -0.3 is 5.32 Å². The van der Waals surface area contributed by atoms with Crippen LogP contribution >= 0.6 is 0 Å². The van der Waals surface area contributed by atoms with E-state index in [9.17, 15) is 4.79 Å². The van der Waals surface area contributed by atoms with Crippen LogP contribution in [0.5, 0.6) is 0 Å². The summed E-state index contributed by atoms with van der Waals surface area (Å²) in [5, 5.41) is 2.81. The molecule has 3 nitrogen and oxygen atoms in total. The number of anilines is 1. The van der Waals surface area contributed by atoms with E-state index in [0.717, 1.165) is 17.8 Å². The van der Waals surface area contributed by atoms with Crippen LogP contribution in [-0.4, -0.2) is 19.1 Å². The maximum atomic E-state index is 11.6. The Morgan fingerprint density at radius 3 is 2.18 bits per heavy atom. The largest absolute Gasteiger partial charge is 0.336 e. The van der Waals surface area contributed by atoms with Gasteiger partial charge in [-0.25, -0.2) is 4.79 Å². The Balaban J connectivity index is 1.75. The molecule has 1 aliphatic rings. The van der Waals surface area contributed by atoms with Gasteiger partial charge in [0.25, 0.3) is 0 Å². The Kier molecular flexibility index (Phi) is 3.96. The monoisotopic (exact) mass is 292 g/mol. The fourth-order valence-electron chi connectivity index (χ4n) is 2.78. The lowest BCUT2D eigenvalue weighted by molar-refractivity contribution is 0.252. The molecule has 0 aliphatic carbocycles. The maximum absolute atomic E-state index is 11.6. The summed E-state index contributed by atoms with van der Waals surface area (Å²) in [6, 6.07) is 14.6. The van der Waals surface area contributed by atoms with Gasteiger partial charge >= 0.3 is 6.03 Å². The third-order valence-electron chi connectivity index (χ3n) is 3.77. The van der Waals surface area contributed by atoms with Gasteiger partial charge in [0, 0.05) is 18.8 Å². The number of nitrogens with zero attached hydrogens (tertiary/aromatic N) is 1. The van der Waals surface area contributed by atoms with Crippen LogP contribution in [0.25, 0.3) is 12.2 Å². The van der Waals surface area contributed by atoms with Gasteiger partial charge in [-0.15, -0.1) is 0 Å². The molecule has 1 N–H and O–H groups in total. The fraction of sp³-hybridized carbons (Fsp3) is 0.211. The van der Waals surface area contributed by atoms with Crippen molar-refractivity contribution in [3.05, 3.63) is 64.7 Å². The molecular weight excluding hydrogens is 272 g/mol. The number of nitrogens with one attached hydrogen (secondary N) is 1. The first-order valence-corrected chi connectivity index (χ1v) is 7.54. The molecule has 0 saturated carbocycles. The molecule has 0 bridgehead atoms. The van der Waals surface area contributed by atoms with Crippen molar-refractivity contribution in [2.24, 2.45) is 0 Å². The molecule has 0 atom stereocenters. The average molecular weight is 292 g/mol. The highest BCUT2D eigenvalue weighted by Gasteiger charge is 2.20. The van der Waals surface area contributed by atoms with Crippen molar-refractivity contribution in [3.8, 4) is 0 Å². The van der Waals surface area contributed by atoms with Gasteiger partial charge in [0.1, 0.15) is 0 Å². The summed E-state index contributed by atoms with van der Waals surface area (Å²) in [6.45, 7) is 5.67. The predicted octanol–water partition coefficient (Wildman–Crippen LogP) is 4.00. The van der Waals surface area contributed by atoms with Crippen LogP contribution in [-0.2, 0) is 0 Å². The summed E-state index contributed by atoms with van der Waals surface area (Å²) in [5.74, 6) is 0. The zero-order valence-electron chi connectivity index (χ0n) is 13.0. The third-order valence-corrected chi connectivity index (χ3v) is 3.77. The van der Waals surface area contributed by atoms with E-state index in [2.05, 4.69) is 49.5 Å². The number of carbonyl (C=O) groups is 1. The summed E-state index contributed by atoms with van der Waals surface area (Å²) in [7, 11) is 0. The van der Waals surface area contributed by atoms with E-state index >= 15 is 0 Å². The van der Waals surface area contributed by atoms with Crippen molar-refractivity contribution in [2.75, 3.05) is 18.0 Å². The quantitative estimate of drug-likeness (QED) is 0.852. The lowest BCUT2D eigenvalue weighted by Gasteiger charge is -2.13. The Morgan fingerprint density at radius 1 is 0.955 bits per heavy atom. The van der Waals surface area contributed by atoms with Gasteiger partial charge in [0.2, 0.25) is 0 Å². The summed E-state index contributed by atoms with van der Waals surface area (Å²) in [5.41, 5.74) is 5.83. The molecule has 0 radical (unpaired) electrons.